The minimum atomic E-state index is 0.660. The van der Waals surface area contributed by atoms with Gasteiger partial charge < -0.3 is 10.3 Å². The van der Waals surface area contributed by atoms with E-state index in [0.29, 0.717) is 11.7 Å². The van der Waals surface area contributed by atoms with Crippen LogP contribution in [0.3, 0.4) is 0 Å². The molecule has 0 unspecified atom stereocenters. The molecule has 0 saturated carbocycles. The smallest absolute Gasteiger partial charge is 0.150 e. The second-order valence-electron chi connectivity index (χ2n) is 6.61. The van der Waals surface area contributed by atoms with Gasteiger partial charge in [-0.25, -0.2) is 19.9 Å². The normalized spacial score (nSPS) is 15.8. The molecule has 0 bridgehead atoms. The third-order valence-electron chi connectivity index (χ3n) is 4.70. The van der Waals surface area contributed by atoms with E-state index in [2.05, 4.69) is 40.1 Å². The van der Waals surface area contributed by atoms with Crippen molar-refractivity contribution in [2.24, 2.45) is 5.92 Å². The van der Waals surface area contributed by atoms with Crippen LogP contribution in [0, 0.1) is 5.92 Å². The molecule has 4 rings (SSSR count). The number of nitrogens with zero attached hydrogens (tertiary/aromatic N) is 6. The van der Waals surface area contributed by atoms with Crippen LogP contribution in [-0.4, -0.2) is 47.9 Å². The molecule has 1 aliphatic heterocycles. The van der Waals surface area contributed by atoms with Crippen molar-refractivity contribution in [3.63, 3.8) is 0 Å². The van der Waals surface area contributed by atoms with E-state index in [4.69, 9.17) is 0 Å². The summed E-state index contributed by atoms with van der Waals surface area (Å²) in [5.74, 6) is 2.10. The SMILES string of the molecule is c1cnc(Nc2cc(CC3CCN(Cc4cnc[nH]4)CC3)ncn2)cn1. The van der Waals surface area contributed by atoms with Gasteiger partial charge in [0, 0.05) is 42.6 Å². The first-order valence-electron chi connectivity index (χ1n) is 8.89. The highest BCUT2D eigenvalue weighted by Crippen LogP contribution is 2.22. The molecule has 0 spiro atoms. The molecule has 1 aliphatic rings. The Morgan fingerprint density at radius 2 is 1.96 bits per heavy atom. The second-order valence-corrected chi connectivity index (χ2v) is 6.61. The monoisotopic (exact) mass is 350 g/mol. The standard InChI is InChI=1S/C18H22N8/c1-5-26(11-16-9-20-12-22-16)6-2-14(1)7-15-8-17(24-13-23-15)25-18-10-19-3-4-21-18/h3-4,8-10,12-14H,1-2,5-7,11H2,(H,20,22)(H,21,23,24,25). The van der Waals surface area contributed by atoms with Crippen molar-refractivity contribution >= 4 is 11.6 Å². The maximum Gasteiger partial charge on any atom is 0.150 e. The van der Waals surface area contributed by atoms with Gasteiger partial charge in [0.25, 0.3) is 0 Å². The van der Waals surface area contributed by atoms with Gasteiger partial charge in [0.2, 0.25) is 0 Å². The molecule has 3 aromatic rings. The summed E-state index contributed by atoms with van der Waals surface area (Å²) in [5.41, 5.74) is 2.25. The maximum atomic E-state index is 4.44. The predicted octanol–water partition coefficient (Wildman–Crippen LogP) is 2.19. The fraction of sp³-hybridized carbons (Fsp3) is 0.389. The summed E-state index contributed by atoms with van der Waals surface area (Å²) in [6.07, 6.45) is 13.6. The first-order chi connectivity index (χ1) is 12.8. The van der Waals surface area contributed by atoms with E-state index in [9.17, 15) is 0 Å². The largest absolute Gasteiger partial charge is 0.347 e. The van der Waals surface area contributed by atoms with Gasteiger partial charge in [0.15, 0.2) is 0 Å². The molecule has 2 N–H and O–H groups in total. The molecule has 8 nitrogen and oxygen atoms in total. The number of hydrogen-bond acceptors (Lipinski definition) is 7. The van der Waals surface area contributed by atoms with E-state index < -0.39 is 0 Å². The Morgan fingerprint density at radius 3 is 2.73 bits per heavy atom. The zero-order valence-electron chi connectivity index (χ0n) is 14.5. The molecule has 0 aliphatic carbocycles. The van der Waals surface area contributed by atoms with Crippen molar-refractivity contribution in [1.29, 1.82) is 0 Å². The van der Waals surface area contributed by atoms with Crippen LogP contribution < -0.4 is 5.32 Å². The summed E-state index contributed by atoms with van der Waals surface area (Å²) in [5, 5.41) is 3.17. The minimum Gasteiger partial charge on any atom is -0.347 e. The van der Waals surface area contributed by atoms with Crippen LogP contribution in [-0.2, 0) is 13.0 Å². The fourth-order valence-electron chi connectivity index (χ4n) is 3.33. The summed E-state index contributed by atoms with van der Waals surface area (Å²) in [4.78, 5) is 26.7. The van der Waals surface area contributed by atoms with Gasteiger partial charge in [-0.05, 0) is 38.3 Å². The molecule has 4 heterocycles. The van der Waals surface area contributed by atoms with Gasteiger partial charge in [0.05, 0.1) is 12.5 Å². The maximum absolute atomic E-state index is 4.44. The molecular formula is C18H22N8. The Balaban J connectivity index is 1.30. The van der Waals surface area contributed by atoms with Crippen LogP contribution in [0.2, 0.25) is 0 Å². The Hall–Kier alpha value is -2.87. The number of imidazole rings is 1. The Kier molecular flexibility index (Phi) is 5.11. The number of hydrogen-bond donors (Lipinski definition) is 2. The summed E-state index contributed by atoms with van der Waals surface area (Å²) >= 11 is 0. The summed E-state index contributed by atoms with van der Waals surface area (Å²) in [6.45, 7) is 3.17. The Labute approximate surface area is 152 Å². The van der Waals surface area contributed by atoms with Crippen molar-refractivity contribution in [2.45, 2.75) is 25.8 Å². The van der Waals surface area contributed by atoms with Crippen LogP contribution in [0.25, 0.3) is 0 Å². The third-order valence-corrected chi connectivity index (χ3v) is 4.70. The molecule has 0 amide bonds. The molecule has 3 aromatic heterocycles. The van der Waals surface area contributed by atoms with E-state index in [1.165, 1.54) is 18.5 Å². The second kappa shape index (κ2) is 8.01. The Morgan fingerprint density at radius 1 is 1.04 bits per heavy atom. The molecular weight excluding hydrogens is 328 g/mol. The van der Waals surface area contributed by atoms with Crippen molar-refractivity contribution in [3.05, 3.63) is 54.9 Å². The quantitative estimate of drug-likeness (QED) is 0.703. The molecule has 134 valence electrons. The van der Waals surface area contributed by atoms with Crippen molar-refractivity contribution in [2.75, 3.05) is 18.4 Å². The van der Waals surface area contributed by atoms with Gasteiger partial charge in [-0.2, -0.15) is 0 Å². The predicted molar refractivity (Wildman–Crippen MR) is 97.6 cm³/mol. The van der Waals surface area contributed by atoms with Gasteiger partial charge in [0.1, 0.15) is 18.0 Å². The van der Waals surface area contributed by atoms with Gasteiger partial charge in [-0.15, -0.1) is 0 Å². The lowest BCUT2D eigenvalue weighted by atomic mass is 9.92. The number of piperidine rings is 1. The van der Waals surface area contributed by atoms with Crippen molar-refractivity contribution in [3.8, 4) is 0 Å². The summed E-state index contributed by atoms with van der Waals surface area (Å²) in [6, 6.07) is 2.01. The average Bonchev–Trinajstić information content (AvgIpc) is 3.18. The van der Waals surface area contributed by atoms with Gasteiger partial charge in [-0.3, -0.25) is 9.88 Å². The zero-order valence-corrected chi connectivity index (χ0v) is 14.5. The molecule has 1 saturated heterocycles. The average molecular weight is 350 g/mol. The van der Waals surface area contributed by atoms with Crippen molar-refractivity contribution in [1.82, 2.24) is 34.8 Å². The number of anilines is 2. The highest BCUT2D eigenvalue weighted by atomic mass is 15.1. The number of rotatable bonds is 6. The van der Waals surface area contributed by atoms with E-state index in [0.717, 1.165) is 37.6 Å². The highest BCUT2D eigenvalue weighted by molar-refractivity contribution is 5.49. The van der Waals surface area contributed by atoms with Crippen molar-refractivity contribution < 1.29 is 0 Å². The fourth-order valence-corrected chi connectivity index (χ4v) is 3.33. The first-order valence-corrected chi connectivity index (χ1v) is 8.89. The number of H-pyrrole nitrogens is 1. The molecule has 8 heteroatoms. The molecule has 0 radical (unpaired) electrons. The number of likely N-dealkylation sites (tertiary alicyclic amines) is 1. The van der Waals surface area contributed by atoms with E-state index in [1.54, 1.807) is 31.2 Å². The van der Waals surface area contributed by atoms with E-state index in [-0.39, 0.29) is 0 Å². The van der Waals surface area contributed by atoms with Crippen LogP contribution in [0.15, 0.2) is 43.5 Å². The van der Waals surface area contributed by atoms with Gasteiger partial charge >= 0.3 is 0 Å². The molecule has 1 fully saturated rings. The summed E-state index contributed by atoms with van der Waals surface area (Å²) in [7, 11) is 0. The lowest BCUT2D eigenvalue weighted by Crippen LogP contribution is -2.34. The molecule has 0 atom stereocenters. The van der Waals surface area contributed by atoms with Gasteiger partial charge in [-0.1, -0.05) is 0 Å². The minimum absolute atomic E-state index is 0.660. The van der Waals surface area contributed by atoms with Crippen LogP contribution in [0.5, 0.6) is 0 Å². The first kappa shape index (κ1) is 16.6. The zero-order chi connectivity index (χ0) is 17.6. The third kappa shape index (κ3) is 4.40. The highest BCUT2D eigenvalue weighted by Gasteiger charge is 2.20. The number of nitrogens with one attached hydrogen (secondary N) is 2. The Bertz CT molecular complexity index is 797. The summed E-state index contributed by atoms with van der Waals surface area (Å²) < 4.78 is 0. The lowest BCUT2D eigenvalue weighted by molar-refractivity contribution is 0.175. The number of aromatic nitrogens is 6. The molecule has 26 heavy (non-hydrogen) atoms. The van der Waals surface area contributed by atoms with Crippen LogP contribution >= 0.6 is 0 Å². The van der Waals surface area contributed by atoms with E-state index >= 15 is 0 Å². The van der Waals surface area contributed by atoms with E-state index in [1.807, 2.05) is 12.3 Å². The topological polar surface area (TPSA) is 95.5 Å². The van der Waals surface area contributed by atoms with Crippen LogP contribution in [0.4, 0.5) is 11.6 Å². The van der Waals surface area contributed by atoms with Crippen LogP contribution in [0.1, 0.15) is 24.2 Å². The molecule has 0 aromatic carbocycles. The lowest BCUT2D eigenvalue weighted by Gasteiger charge is -2.31. The number of aromatic amines is 1.